The van der Waals surface area contributed by atoms with Gasteiger partial charge in [0.1, 0.15) is 0 Å². The molecule has 7 nitrogen and oxygen atoms in total. The van der Waals surface area contributed by atoms with Crippen molar-refractivity contribution in [1.29, 1.82) is 0 Å². The van der Waals surface area contributed by atoms with Crippen LogP contribution < -0.4 is 9.47 Å². The highest BCUT2D eigenvalue weighted by Crippen LogP contribution is 2.32. The topological polar surface area (TPSA) is 77.7 Å². The standard InChI is InChI=1S/C21H21N3O4/c1-26-17-9-8-14(10-18(17)27-2)12-24-13-16(11-19(24)25)21-22-20(23-28-21)15-6-4-3-5-7-15/h3-10,16H,11-13H2,1-2H3. The van der Waals surface area contributed by atoms with Gasteiger partial charge in [-0.2, -0.15) is 4.98 Å². The molecule has 1 atom stereocenters. The number of ether oxygens (including phenoxy) is 2. The van der Waals surface area contributed by atoms with E-state index in [-0.39, 0.29) is 11.8 Å². The number of likely N-dealkylation sites (tertiary alicyclic amines) is 1. The SMILES string of the molecule is COc1ccc(CN2CC(c3nc(-c4ccccc4)no3)CC2=O)cc1OC. The Hall–Kier alpha value is -3.35. The average molecular weight is 379 g/mol. The molecule has 1 aliphatic heterocycles. The fraction of sp³-hybridized carbons (Fsp3) is 0.286. The zero-order chi connectivity index (χ0) is 19.5. The lowest BCUT2D eigenvalue weighted by Gasteiger charge is -2.17. The van der Waals surface area contributed by atoms with E-state index in [1.54, 1.807) is 19.1 Å². The van der Waals surface area contributed by atoms with Crippen LogP contribution in [-0.4, -0.2) is 41.7 Å². The summed E-state index contributed by atoms with van der Waals surface area (Å²) >= 11 is 0. The van der Waals surface area contributed by atoms with Crippen molar-refractivity contribution in [3.05, 3.63) is 60.0 Å². The first-order valence-electron chi connectivity index (χ1n) is 9.05. The van der Waals surface area contributed by atoms with Gasteiger partial charge < -0.3 is 18.9 Å². The molecule has 28 heavy (non-hydrogen) atoms. The van der Waals surface area contributed by atoms with Crippen molar-refractivity contribution in [3.63, 3.8) is 0 Å². The molecule has 1 aromatic heterocycles. The van der Waals surface area contributed by atoms with Crippen molar-refractivity contribution in [1.82, 2.24) is 15.0 Å². The van der Waals surface area contributed by atoms with Gasteiger partial charge in [0.15, 0.2) is 11.5 Å². The van der Waals surface area contributed by atoms with Crippen LogP contribution >= 0.6 is 0 Å². The molecule has 0 bridgehead atoms. The average Bonchev–Trinajstić information content (AvgIpc) is 3.36. The van der Waals surface area contributed by atoms with Crippen LogP contribution in [0.5, 0.6) is 11.5 Å². The number of benzene rings is 2. The Balaban J connectivity index is 1.47. The fourth-order valence-electron chi connectivity index (χ4n) is 3.40. The van der Waals surface area contributed by atoms with Crippen molar-refractivity contribution in [2.24, 2.45) is 0 Å². The fourth-order valence-corrected chi connectivity index (χ4v) is 3.40. The molecule has 1 unspecified atom stereocenters. The Bertz CT molecular complexity index is 971. The summed E-state index contributed by atoms with van der Waals surface area (Å²) in [5.74, 6) is 2.32. The Morgan fingerprint density at radius 3 is 2.64 bits per heavy atom. The van der Waals surface area contributed by atoms with Crippen LogP contribution in [0.4, 0.5) is 0 Å². The molecule has 7 heteroatoms. The van der Waals surface area contributed by atoms with Crippen molar-refractivity contribution >= 4 is 5.91 Å². The van der Waals surface area contributed by atoms with Gasteiger partial charge in [-0.15, -0.1) is 0 Å². The van der Waals surface area contributed by atoms with E-state index in [2.05, 4.69) is 10.1 Å². The molecule has 1 saturated heterocycles. The summed E-state index contributed by atoms with van der Waals surface area (Å²) in [6, 6.07) is 15.3. The van der Waals surface area contributed by atoms with E-state index < -0.39 is 0 Å². The van der Waals surface area contributed by atoms with E-state index in [1.807, 2.05) is 48.5 Å². The smallest absolute Gasteiger partial charge is 0.232 e. The first-order valence-corrected chi connectivity index (χ1v) is 9.05. The van der Waals surface area contributed by atoms with Crippen LogP contribution in [0, 0.1) is 0 Å². The molecule has 3 aromatic rings. The number of methoxy groups -OCH3 is 2. The largest absolute Gasteiger partial charge is 0.493 e. The lowest BCUT2D eigenvalue weighted by molar-refractivity contribution is -0.128. The van der Waals surface area contributed by atoms with Gasteiger partial charge >= 0.3 is 0 Å². The maximum Gasteiger partial charge on any atom is 0.232 e. The molecule has 0 saturated carbocycles. The zero-order valence-corrected chi connectivity index (χ0v) is 15.8. The molecule has 0 N–H and O–H groups in total. The molecule has 1 aliphatic rings. The molecule has 1 amide bonds. The highest BCUT2D eigenvalue weighted by Gasteiger charge is 2.34. The van der Waals surface area contributed by atoms with E-state index in [0.29, 0.717) is 42.7 Å². The summed E-state index contributed by atoms with van der Waals surface area (Å²) in [5.41, 5.74) is 1.87. The minimum atomic E-state index is -0.0994. The molecule has 1 fully saturated rings. The Labute approximate surface area is 162 Å². The third kappa shape index (κ3) is 3.55. The molecule has 0 spiro atoms. The number of hydrogen-bond donors (Lipinski definition) is 0. The van der Waals surface area contributed by atoms with E-state index in [0.717, 1.165) is 11.1 Å². The van der Waals surface area contributed by atoms with Crippen molar-refractivity contribution in [2.45, 2.75) is 18.9 Å². The summed E-state index contributed by atoms with van der Waals surface area (Å²) in [6.07, 6.45) is 0.365. The number of hydrogen-bond acceptors (Lipinski definition) is 6. The summed E-state index contributed by atoms with van der Waals surface area (Å²) in [4.78, 5) is 18.8. The van der Waals surface area contributed by atoms with Crippen LogP contribution in [0.25, 0.3) is 11.4 Å². The van der Waals surface area contributed by atoms with Gasteiger partial charge in [-0.3, -0.25) is 4.79 Å². The predicted molar refractivity (Wildman–Crippen MR) is 102 cm³/mol. The molecule has 0 radical (unpaired) electrons. The zero-order valence-electron chi connectivity index (χ0n) is 15.8. The maximum absolute atomic E-state index is 12.5. The molecule has 144 valence electrons. The second-order valence-electron chi connectivity index (χ2n) is 6.69. The van der Waals surface area contributed by atoms with Gasteiger partial charge in [-0.25, -0.2) is 0 Å². The molecule has 2 heterocycles. The lowest BCUT2D eigenvalue weighted by atomic mass is 10.1. The molecule has 0 aliphatic carbocycles. The third-order valence-electron chi connectivity index (χ3n) is 4.86. The number of carbonyl (C=O) groups excluding carboxylic acids is 1. The second kappa shape index (κ2) is 7.72. The van der Waals surface area contributed by atoms with Crippen LogP contribution in [0.1, 0.15) is 23.8 Å². The number of carbonyl (C=O) groups is 1. The van der Waals surface area contributed by atoms with Crippen molar-refractivity contribution < 1.29 is 18.8 Å². The maximum atomic E-state index is 12.5. The summed E-state index contributed by atoms with van der Waals surface area (Å²) in [6.45, 7) is 1.04. The number of rotatable bonds is 6. The molecule has 2 aromatic carbocycles. The minimum Gasteiger partial charge on any atom is -0.493 e. The van der Waals surface area contributed by atoms with Crippen LogP contribution in [-0.2, 0) is 11.3 Å². The predicted octanol–water partition coefficient (Wildman–Crippen LogP) is 3.27. The number of amides is 1. The molecular weight excluding hydrogens is 358 g/mol. The van der Waals surface area contributed by atoms with E-state index in [1.165, 1.54) is 0 Å². The van der Waals surface area contributed by atoms with Gasteiger partial charge in [0.2, 0.25) is 17.6 Å². The van der Waals surface area contributed by atoms with Crippen LogP contribution in [0.2, 0.25) is 0 Å². The van der Waals surface area contributed by atoms with Gasteiger partial charge in [-0.05, 0) is 17.7 Å². The second-order valence-corrected chi connectivity index (χ2v) is 6.69. The Morgan fingerprint density at radius 1 is 1.11 bits per heavy atom. The first-order chi connectivity index (χ1) is 13.7. The highest BCUT2D eigenvalue weighted by atomic mass is 16.5. The Kier molecular flexibility index (Phi) is 4.97. The highest BCUT2D eigenvalue weighted by molar-refractivity contribution is 5.79. The Morgan fingerprint density at radius 2 is 1.89 bits per heavy atom. The van der Waals surface area contributed by atoms with E-state index in [4.69, 9.17) is 14.0 Å². The summed E-state index contributed by atoms with van der Waals surface area (Å²) < 4.78 is 16.0. The first kappa shape index (κ1) is 18.0. The van der Waals surface area contributed by atoms with Crippen LogP contribution in [0.15, 0.2) is 53.1 Å². The monoisotopic (exact) mass is 379 g/mol. The summed E-state index contributed by atoms with van der Waals surface area (Å²) in [5, 5.41) is 4.06. The number of nitrogens with zero attached hydrogens (tertiary/aromatic N) is 3. The van der Waals surface area contributed by atoms with Crippen molar-refractivity contribution in [2.75, 3.05) is 20.8 Å². The molecule has 4 rings (SSSR count). The van der Waals surface area contributed by atoms with Gasteiger partial charge in [0, 0.05) is 25.1 Å². The quantitative estimate of drug-likeness (QED) is 0.654. The van der Waals surface area contributed by atoms with Gasteiger partial charge in [0.25, 0.3) is 0 Å². The van der Waals surface area contributed by atoms with E-state index in [9.17, 15) is 4.79 Å². The van der Waals surface area contributed by atoms with Crippen molar-refractivity contribution in [3.8, 4) is 22.9 Å². The number of aromatic nitrogens is 2. The van der Waals surface area contributed by atoms with Crippen LogP contribution in [0.3, 0.4) is 0 Å². The van der Waals surface area contributed by atoms with Gasteiger partial charge in [-0.1, -0.05) is 41.6 Å². The normalized spacial score (nSPS) is 16.4. The molecular formula is C21H21N3O4. The minimum absolute atomic E-state index is 0.0687. The third-order valence-corrected chi connectivity index (χ3v) is 4.86. The lowest BCUT2D eigenvalue weighted by Crippen LogP contribution is -2.24. The summed E-state index contributed by atoms with van der Waals surface area (Å²) in [7, 11) is 3.19. The van der Waals surface area contributed by atoms with Gasteiger partial charge in [0.05, 0.1) is 20.1 Å². The van der Waals surface area contributed by atoms with E-state index >= 15 is 0 Å².